The number of nitrogens with zero attached hydrogens (tertiary/aromatic N) is 2. The van der Waals surface area contributed by atoms with E-state index in [0.29, 0.717) is 6.42 Å². The van der Waals surface area contributed by atoms with Gasteiger partial charge in [-0.1, -0.05) is 12.8 Å². The zero-order chi connectivity index (χ0) is 11.1. The third kappa shape index (κ3) is 3.70. The van der Waals surface area contributed by atoms with Crippen molar-refractivity contribution in [3.05, 3.63) is 0 Å². The minimum atomic E-state index is -0.215. The number of esters is 1. The van der Waals surface area contributed by atoms with Gasteiger partial charge in [0.1, 0.15) is 0 Å². The topological polar surface area (TPSA) is 62.4 Å². The Bertz CT molecular complexity index is 291. The molecule has 1 saturated carbocycles. The molecular formula is C11H16N2O2. The summed E-state index contributed by atoms with van der Waals surface area (Å²) in [5.41, 5.74) is 0.875. The van der Waals surface area contributed by atoms with E-state index >= 15 is 0 Å². The van der Waals surface area contributed by atoms with Crippen LogP contribution in [0.2, 0.25) is 0 Å². The number of ether oxygens (including phenoxy) is 1. The molecule has 0 radical (unpaired) electrons. The molecule has 4 heteroatoms. The first-order chi connectivity index (χ1) is 7.27. The van der Waals surface area contributed by atoms with Gasteiger partial charge in [-0.25, -0.2) is 0 Å². The largest absolute Gasteiger partial charge is 0.469 e. The van der Waals surface area contributed by atoms with E-state index in [1.54, 1.807) is 0 Å². The quantitative estimate of drug-likeness (QED) is 0.396. The lowest BCUT2D eigenvalue weighted by atomic mass is 9.94. The molecule has 0 saturated heterocycles. The van der Waals surface area contributed by atoms with Gasteiger partial charge in [0.25, 0.3) is 0 Å². The van der Waals surface area contributed by atoms with Crippen molar-refractivity contribution in [1.82, 2.24) is 0 Å². The summed E-state index contributed by atoms with van der Waals surface area (Å²) in [6, 6.07) is 0. The van der Waals surface area contributed by atoms with E-state index in [2.05, 4.69) is 9.73 Å². The fraction of sp³-hybridized carbons (Fsp3) is 0.727. The second-order valence-electron chi connectivity index (χ2n) is 3.78. The Morgan fingerprint density at radius 3 is 3.07 bits per heavy atom. The number of carbonyl (C=O) groups is 1. The number of hydrogen-bond acceptors (Lipinski definition) is 4. The molecule has 0 spiro atoms. The molecule has 1 fully saturated rings. The molecule has 0 N–H and O–H groups in total. The van der Waals surface area contributed by atoms with Crippen LogP contribution in [0.5, 0.6) is 0 Å². The first-order valence-electron chi connectivity index (χ1n) is 5.30. The van der Waals surface area contributed by atoms with Crippen molar-refractivity contribution in [2.75, 3.05) is 7.11 Å². The molecule has 0 amide bonds. The van der Waals surface area contributed by atoms with Crippen molar-refractivity contribution in [3.8, 4) is 6.19 Å². The Morgan fingerprint density at radius 2 is 2.40 bits per heavy atom. The van der Waals surface area contributed by atoms with Crippen molar-refractivity contribution in [3.63, 3.8) is 0 Å². The van der Waals surface area contributed by atoms with E-state index in [9.17, 15) is 4.79 Å². The number of rotatable bonds is 2. The zero-order valence-electron chi connectivity index (χ0n) is 9.03. The van der Waals surface area contributed by atoms with Gasteiger partial charge in [0, 0.05) is 11.6 Å². The molecule has 4 nitrogen and oxygen atoms in total. The van der Waals surface area contributed by atoms with Crippen molar-refractivity contribution < 1.29 is 9.53 Å². The third-order valence-electron chi connectivity index (χ3n) is 2.79. The fourth-order valence-electron chi connectivity index (χ4n) is 1.96. The summed E-state index contributed by atoms with van der Waals surface area (Å²) in [6.45, 7) is 0. The fourth-order valence-corrected chi connectivity index (χ4v) is 1.96. The Labute approximate surface area is 89.9 Å². The summed E-state index contributed by atoms with van der Waals surface area (Å²) in [4.78, 5) is 15.0. The van der Waals surface area contributed by atoms with Crippen LogP contribution in [0.25, 0.3) is 0 Å². The summed E-state index contributed by atoms with van der Waals surface area (Å²) in [5.74, 6) is -0.105. The predicted octanol–water partition coefficient (Wildman–Crippen LogP) is 2.05. The van der Waals surface area contributed by atoms with Crippen LogP contribution in [0.1, 0.15) is 38.5 Å². The average molecular weight is 208 g/mol. The molecule has 1 unspecified atom stereocenters. The summed E-state index contributed by atoms with van der Waals surface area (Å²) < 4.78 is 4.64. The maximum Gasteiger partial charge on any atom is 0.306 e. The Hall–Kier alpha value is -1.37. The van der Waals surface area contributed by atoms with Crippen LogP contribution in [0.4, 0.5) is 0 Å². The van der Waals surface area contributed by atoms with Crippen LogP contribution in [0, 0.1) is 17.4 Å². The van der Waals surface area contributed by atoms with Gasteiger partial charge in [-0.3, -0.25) is 4.79 Å². The monoisotopic (exact) mass is 208 g/mol. The highest BCUT2D eigenvalue weighted by molar-refractivity contribution is 5.90. The molecule has 15 heavy (non-hydrogen) atoms. The molecule has 0 aromatic carbocycles. The molecular weight excluding hydrogens is 192 g/mol. The van der Waals surface area contributed by atoms with E-state index in [4.69, 9.17) is 5.26 Å². The number of hydrogen-bond donors (Lipinski definition) is 0. The highest BCUT2D eigenvalue weighted by Gasteiger charge is 2.22. The van der Waals surface area contributed by atoms with Crippen molar-refractivity contribution >= 4 is 11.7 Å². The standard InChI is InChI=1S/C11H16N2O2/c1-15-11(14)7-9-5-3-2-4-6-10(9)13-8-12/h9H,2-7H2,1H3. The summed E-state index contributed by atoms with van der Waals surface area (Å²) in [6.07, 6.45) is 7.29. The maximum absolute atomic E-state index is 11.2. The number of carbonyl (C=O) groups excluding carboxylic acids is 1. The minimum Gasteiger partial charge on any atom is -0.469 e. The van der Waals surface area contributed by atoms with E-state index in [1.807, 2.05) is 6.19 Å². The van der Waals surface area contributed by atoms with Crippen LogP contribution in [-0.4, -0.2) is 18.8 Å². The van der Waals surface area contributed by atoms with Crippen LogP contribution in [0.3, 0.4) is 0 Å². The van der Waals surface area contributed by atoms with Gasteiger partial charge in [0.15, 0.2) is 0 Å². The zero-order valence-corrected chi connectivity index (χ0v) is 9.03. The van der Waals surface area contributed by atoms with E-state index in [-0.39, 0.29) is 11.9 Å². The van der Waals surface area contributed by atoms with Crippen LogP contribution < -0.4 is 0 Å². The first kappa shape index (κ1) is 11.7. The summed E-state index contributed by atoms with van der Waals surface area (Å²) in [5, 5.41) is 8.57. The summed E-state index contributed by atoms with van der Waals surface area (Å²) >= 11 is 0. The van der Waals surface area contributed by atoms with Crippen LogP contribution in [0.15, 0.2) is 4.99 Å². The lowest BCUT2D eigenvalue weighted by molar-refractivity contribution is -0.141. The highest BCUT2D eigenvalue weighted by Crippen LogP contribution is 2.24. The Kier molecular flexibility index (Phi) is 4.82. The van der Waals surface area contributed by atoms with Gasteiger partial charge >= 0.3 is 5.97 Å². The van der Waals surface area contributed by atoms with Crippen LogP contribution >= 0.6 is 0 Å². The Balaban J connectivity index is 2.67. The van der Waals surface area contributed by atoms with Gasteiger partial charge in [0.05, 0.1) is 13.5 Å². The second kappa shape index (κ2) is 6.18. The molecule has 1 atom stereocenters. The molecule has 1 aliphatic rings. The predicted molar refractivity (Wildman–Crippen MR) is 56.3 cm³/mol. The minimum absolute atomic E-state index is 0.111. The molecule has 0 bridgehead atoms. The van der Waals surface area contributed by atoms with Crippen molar-refractivity contribution in [1.29, 1.82) is 5.26 Å². The van der Waals surface area contributed by atoms with Gasteiger partial charge in [-0.2, -0.15) is 10.3 Å². The molecule has 82 valence electrons. The molecule has 0 aromatic rings. The lowest BCUT2D eigenvalue weighted by Crippen LogP contribution is -2.18. The van der Waals surface area contributed by atoms with E-state index < -0.39 is 0 Å². The molecule has 0 aromatic heterocycles. The summed E-state index contributed by atoms with van der Waals surface area (Å²) in [7, 11) is 1.39. The molecule has 0 heterocycles. The SMILES string of the molecule is COC(=O)CC1CCCCCC1=NC#N. The van der Waals surface area contributed by atoms with Gasteiger partial charge in [-0.15, -0.1) is 0 Å². The highest BCUT2D eigenvalue weighted by atomic mass is 16.5. The average Bonchev–Trinajstić information content (AvgIpc) is 2.45. The second-order valence-corrected chi connectivity index (χ2v) is 3.78. The van der Waals surface area contributed by atoms with E-state index in [0.717, 1.165) is 37.8 Å². The molecule has 1 rings (SSSR count). The van der Waals surface area contributed by atoms with Crippen molar-refractivity contribution in [2.24, 2.45) is 10.9 Å². The first-order valence-corrected chi connectivity index (χ1v) is 5.30. The van der Waals surface area contributed by atoms with E-state index in [1.165, 1.54) is 7.11 Å². The number of methoxy groups -OCH3 is 1. The number of nitriles is 1. The van der Waals surface area contributed by atoms with Crippen molar-refractivity contribution in [2.45, 2.75) is 38.5 Å². The third-order valence-corrected chi connectivity index (χ3v) is 2.79. The number of aliphatic imine (C=N–C) groups is 1. The maximum atomic E-state index is 11.2. The van der Waals surface area contributed by atoms with Gasteiger partial charge in [-0.05, 0) is 19.3 Å². The molecule has 1 aliphatic carbocycles. The molecule has 0 aliphatic heterocycles. The van der Waals surface area contributed by atoms with Gasteiger partial charge < -0.3 is 4.74 Å². The smallest absolute Gasteiger partial charge is 0.306 e. The Morgan fingerprint density at radius 1 is 1.60 bits per heavy atom. The normalized spacial score (nSPS) is 24.3. The van der Waals surface area contributed by atoms with Crippen LogP contribution in [-0.2, 0) is 9.53 Å². The van der Waals surface area contributed by atoms with Gasteiger partial charge in [0.2, 0.25) is 6.19 Å². The lowest BCUT2D eigenvalue weighted by Gasteiger charge is -2.13.